The Morgan fingerprint density at radius 1 is 1.15 bits per heavy atom. The Morgan fingerprint density at radius 3 is 2.23 bits per heavy atom. The van der Waals surface area contributed by atoms with Crippen molar-refractivity contribution < 1.29 is 32.2 Å². The van der Waals surface area contributed by atoms with E-state index in [-0.39, 0.29) is 28.2 Å². The first-order valence-electron chi connectivity index (χ1n) is 7.54. The first-order chi connectivity index (χ1) is 12.0. The maximum absolute atomic E-state index is 13.2. The molecule has 140 valence electrons. The zero-order valence-corrected chi connectivity index (χ0v) is 15.2. The van der Waals surface area contributed by atoms with Crippen molar-refractivity contribution in [3.05, 3.63) is 57.0 Å². The molecule has 4 nitrogen and oxygen atoms in total. The highest BCUT2D eigenvalue weighted by atomic mass is 35.5. The molecule has 1 atom stereocenters. The quantitative estimate of drug-likeness (QED) is 0.699. The van der Waals surface area contributed by atoms with Gasteiger partial charge in [0.05, 0.1) is 29.2 Å². The molecule has 0 bridgehead atoms. The third-order valence-electron chi connectivity index (χ3n) is 4.06. The van der Waals surface area contributed by atoms with Crippen LogP contribution < -0.4 is 0 Å². The maximum atomic E-state index is 13.2. The molecule has 26 heavy (non-hydrogen) atoms. The fourth-order valence-corrected chi connectivity index (χ4v) is 3.21. The maximum Gasteiger partial charge on any atom is 0.417 e. The summed E-state index contributed by atoms with van der Waals surface area (Å²) >= 11 is 5.67. The first-order valence-corrected chi connectivity index (χ1v) is 7.92. The molecular weight excluding hydrogens is 373 g/mol. The molecule has 0 aliphatic carbocycles. The molecule has 0 saturated heterocycles. The second kappa shape index (κ2) is 7.15. The van der Waals surface area contributed by atoms with Crippen molar-refractivity contribution in [3.63, 3.8) is 0 Å². The fraction of sp³-hybridized carbons (Fsp3) is 0.333. The summed E-state index contributed by atoms with van der Waals surface area (Å²) in [5, 5.41) is -0.473. The number of Topliss-reactive ketones (excluding diaryl/α,β-unsaturated/α-hetero) is 1. The van der Waals surface area contributed by atoms with Gasteiger partial charge in [0.1, 0.15) is 11.5 Å². The number of ether oxygens (including phenoxy) is 2. The van der Waals surface area contributed by atoms with Crippen LogP contribution in [-0.4, -0.2) is 18.9 Å². The van der Waals surface area contributed by atoms with Crippen LogP contribution in [0, 0.1) is 0 Å². The Hall–Kier alpha value is -2.28. The lowest BCUT2D eigenvalue weighted by molar-refractivity contribution is -0.137. The van der Waals surface area contributed by atoms with Crippen molar-refractivity contribution >= 4 is 23.4 Å². The average Bonchev–Trinajstić information content (AvgIpc) is 2.52. The first kappa shape index (κ1) is 20.0. The van der Waals surface area contributed by atoms with Crippen LogP contribution in [0.5, 0.6) is 0 Å². The molecule has 1 aromatic rings. The number of rotatable bonds is 3. The highest BCUT2D eigenvalue weighted by molar-refractivity contribution is 6.31. The van der Waals surface area contributed by atoms with E-state index >= 15 is 0 Å². The van der Waals surface area contributed by atoms with E-state index in [4.69, 9.17) is 21.1 Å². The van der Waals surface area contributed by atoms with Crippen molar-refractivity contribution in [3.8, 4) is 0 Å². The van der Waals surface area contributed by atoms with Crippen LogP contribution in [0.15, 0.2) is 40.9 Å². The number of hydrogen-bond donors (Lipinski definition) is 0. The molecule has 1 aliphatic rings. The van der Waals surface area contributed by atoms with E-state index < -0.39 is 34.4 Å². The van der Waals surface area contributed by atoms with E-state index in [0.29, 0.717) is 0 Å². The molecule has 0 amide bonds. The van der Waals surface area contributed by atoms with Crippen LogP contribution in [0.25, 0.3) is 0 Å². The molecule has 2 rings (SSSR count). The molecule has 1 aromatic carbocycles. The summed E-state index contributed by atoms with van der Waals surface area (Å²) in [6.07, 6.45) is -4.68. The van der Waals surface area contributed by atoms with E-state index in [1.165, 1.54) is 26.8 Å². The molecule has 0 N–H and O–H groups in total. The van der Waals surface area contributed by atoms with Gasteiger partial charge in [-0.15, -0.1) is 0 Å². The molecule has 0 aromatic heterocycles. The fourth-order valence-electron chi connectivity index (χ4n) is 2.99. The molecule has 0 radical (unpaired) electrons. The van der Waals surface area contributed by atoms with Gasteiger partial charge in [-0.1, -0.05) is 17.7 Å². The highest BCUT2D eigenvalue weighted by Crippen LogP contribution is 2.44. The Kier molecular flexibility index (Phi) is 5.51. The second-order valence-corrected chi connectivity index (χ2v) is 6.17. The summed E-state index contributed by atoms with van der Waals surface area (Å²) in [6, 6.07) is 3.28. The standard InChI is InChI=1S/C18H16ClF3O4/c1-8(23)14-9(2)26-10(3)15(17(24)25-4)16(14)11-5-6-13(19)12(7-11)18(20,21)22/h5-7,16H,1-4H3/t16-/m0/s1. The van der Waals surface area contributed by atoms with E-state index in [0.717, 1.165) is 19.2 Å². The number of esters is 1. The molecule has 8 heteroatoms. The van der Waals surface area contributed by atoms with Crippen molar-refractivity contribution in [2.24, 2.45) is 0 Å². The lowest BCUT2D eigenvalue weighted by atomic mass is 9.80. The van der Waals surface area contributed by atoms with Gasteiger partial charge in [-0.05, 0) is 38.5 Å². The van der Waals surface area contributed by atoms with Crippen LogP contribution in [0.2, 0.25) is 5.02 Å². The number of benzene rings is 1. The summed E-state index contributed by atoms with van der Waals surface area (Å²) in [6.45, 7) is 4.26. The molecule has 0 saturated carbocycles. The molecule has 1 aliphatic heterocycles. The molecular formula is C18H16ClF3O4. The van der Waals surface area contributed by atoms with E-state index in [1.54, 1.807) is 0 Å². The summed E-state index contributed by atoms with van der Waals surface area (Å²) in [7, 11) is 1.14. The normalized spacial score (nSPS) is 17.9. The Bertz CT molecular complexity index is 837. The smallest absolute Gasteiger partial charge is 0.417 e. The average molecular weight is 389 g/mol. The van der Waals surface area contributed by atoms with Crippen molar-refractivity contribution in [1.82, 2.24) is 0 Å². The monoisotopic (exact) mass is 388 g/mol. The zero-order chi connectivity index (χ0) is 19.8. The minimum atomic E-state index is -4.68. The number of carbonyl (C=O) groups is 2. The van der Waals surface area contributed by atoms with Crippen LogP contribution in [-0.2, 0) is 25.2 Å². The van der Waals surface area contributed by atoms with Crippen LogP contribution in [0.1, 0.15) is 37.8 Å². The van der Waals surface area contributed by atoms with Gasteiger partial charge in [0, 0.05) is 5.57 Å². The number of halogens is 4. The number of methoxy groups -OCH3 is 1. The van der Waals surface area contributed by atoms with Gasteiger partial charge in [0.15, 0.2) is 5.78 Å². The molecule has 0 spiro atoms. The third kappa shape index (κ3) is 3.62. The van der Waals surface area contributed by atoms with Gasteiger partial charge in [0.25, 0.3) is 0 Å². The van der Waals surface area contributed by atoms with Gasteiger partial charge in [0.2, 0.25) is 0 Å². The van der Waals surface area contributed by atoms with Crippen molar-refractivity contribution in [1.29, 1.82) is 0 Å². The highest BCUT2D eigenvalue weighted by Gasteiger charge is 2.39. The minimum Gasteiger partial charge on any atom is -0.466 e. The topological polar surface area (TPSA) is 52.6 Å². The van der Waals surface area contributed by atoms with E-state index in [2.05, 4.69) is 0 Å². The molecule has 1 heterocycles. The van der Waals surface area contributed by atoms with Gasteiger partial charge >= 0.3 is 12.1 Å². The van der Waals surface area contributed by atoms with E-state index in [1.807, 2.05) is 0 Å². The predicted octanol–water partition coefficient (Wildman–Crippen LogP) is 4.78. The van der Waals surface area contributed by atoms with Gasteiger partial charge in [-0.2, -0.15) is 13.2 Å². The number of carbonyl (C=O) groups excluding carboxylic acids is 2. The van der Waals surface area contributed by atoms with Gasteiger partial charge < -0.3 is 9.47 Å². The Morgan fingerprint density at radius 2 is 1.73 bits per heavy atom. The number of allylic oxidation sites excluding steroid dienone is 3. The number of ketones is 1. The van der Waals surface area contributed by atoms with Crippen LogP contribution in [0.3, 0.4) is 0 Å². The Labute approximate surface area is 153 Å². The van der Waals surface area contributed by atoms with Gasteiger partial charge in [-0.25, -0.2) is 4.79 Å². The second-order valence-electron chi connectivity index (χ2n) is 5.76. The van der Waals surface area contributed by atoms with Gasteiger partial charge in [-0.3, -0.25) is 4.79 Å². The lowest BCUT2D eigenvalue weighted by Gasteiger charge is -2.29. The summed E-state index contributed by atoms with van der Waals surface area (Å²) in [5.41, 5.74) is -0.898. The van der Waals surface area contributed by atoms with Crippen molar-refractivity contribution in [2.45, 2.75) is 32.9 Å². The zero-order valence-electron chi connectivity index (χ0n) is 14.5. The van der Waals surface area contributed by atoms with Crippen LogP contribution >= 0.6 is 11.6 Å². The predicted molar refractivity (Wildman–Crippen MR) is 88.4 cm³/mol. The summed E-state index contributed by atoms with van der Waals surface area (Å²) in [4.78, 5) is 24.4. The number of alkyl halides is 3. The van der Waals surface area contributed by atoms with E-state index in [9.17, 15) is 22.8 Å². The molecule has 0 fully saturated rings. The number of hydrogen-bond acceptors (Lipinski definition) is 4. The Balaban J connectivity index is 2.77. The largest absolute Gasteiger partial charge is 0.466 e. The van der Waals surface area contributed by atoms with Crippen molar-refractivity contribution in [2.75, 3.05) is 7.11 Å². The summed E-state index contributed by atoms with van der Waals surface area (Å²) in [5.74, 6) is -1.89. The lowest BCUT2D eigenvalue weighted by Crippen LogP contribution is -2.25. The summed E-state index contributed by atoms with van der Waals surface area (Å²) < 4.78 is 49.9. The third-order valence-corrected chi connectivity index (χ3v) is 4.39. The molecule has 0 unspecified atom stereocenters. The minimum absolute atomic E-state index is 0.0289. The SMILES string of the molecule is COC(=O)C1=C(C)OC(C)=C(C(C)=O)[C@@H]1c1ccc(Cl)c(C(F)(F)F)c1. The van der Waals surface area contributed by atoms with Crippen LogP contribution in [0.4, 0.5) is 13.2 Å².